The number of carbonyl (C=O) groups is 1. The standard InChI is InChI=1S/C17H33N3O/c1-4-19-17(16(18)21)10-5-6-15(12-17)20(14-7-8-14)11-9-13(2)3/h13-15,19H,4-12H2,1-3H3,(H2,18,21). The molecule has 4 nitrogen and oxygen atoms in total. The number of carbonyl (C=O) groups excluding carboxylic acids is 1. The summed E-state index contributed by atoms with van der Waals surface area (Å²) in [5.74, 6) is 0.582. The van der Waals surface area contributed by atoms with Crippen LogP contribution >= 0.6 is 0 Å². The first-order valence-corrected chi connectivity index (χ1v) is 8.79. The first kappa shape index (κ1) is 16.8. The van der Waals surface area contributed by atoms with E-state index in [1.54, 1.807) is 0 Å². The van der Waals surface area contributed by atoms with Crippen molar-refractivity contribution in [2.75, 3.05) is 13.1 Å². The van der Waals surface area contributed by atoms with E-state index in [1.165, 1.54) is 32.2 Å². The summed E-state index contributed by atoms with van der Waals surface area (Å²) in [7, 11) is 0. The van der Waals surface area contributed by atoms with Gasteiger partial charge in [-0.05, 0) is 64.0 Å². The second kappa shape index (κ2) is 7.10. The molecule has 0 aromatic rings. The van der Waals surface area contributed by atoms with Gasteiger partial charge in [0, 0.05) is 12.1 Å². The molecule has 2 saturated carbocycles. The molecule has 0 spiro atoms. The quantitative estimate of drug-likeness (QED) is 0.722. The lowest BCUT2D eigenvalue weighted by molar-refractivity contribution is -0.126. The largest absolute Gasteiger partial charge is 0.368 e. The van der Waals surface area contributed by atoms with Crippen molar-refractivity contribution in [3.63, 3.8) is 0 Å². The van der Waals surface area contributed by atoms with Gasteiger partial charge in [0.1, 0.15) is 0 Å². The molecule has 0 radical (unpaired) electrons. The smallest absolute Gasteiger partial charge is 0.237 e. The summed E-state index contributed by atoms with van der Waals surface area (Å²) in [4.78, 5) is 14.7. The van der Waals surface area contributed by atoms with Crippen LogP contribution in [0.2, 0.25) is 0 Å². The number of primary amides is 1. The molecule has 2 rings (SSSR count). The van der Waals surface area contributed by atoms with Crippen molar-refractivity contribution in [2.24, 2.45) is 11.7 Å². The fourth-order valence-electron chi connectivity index (χ4n) is 3.82. The molecule has 0 heterocycles. The molecule has 0 aliphatic heterocycles. The van der Waals surface area contributed by atoms with Crippen LogP contribution in [-0.4, -0.2) is 41.5 Å². The molecule has 0 aromatic heterocycles. The minimum atomic E-state index is -0.470. The van der Waals surface area contributed by atoms with E-state index in [1.807, 2.05) is 0 Å². The molecule has 2 unspecified atom stereocenters. The zero-order chi connectivity index (χ0) is 15.5. The predicted octanol–water partition coefficient (Wildman–Crippen LogP) is 2.27. The highest BCUT2D eigenvalue weighted by atomic mass is 16.1. The van der Waals surface area contributed by atoms with Gasteiger partial charge in [0.2, 0.25) is 5.91 Å². The highest BCUT2D eigenvalue weighted by Gasteiger charge is 2.44. The number of nitrogens with zero attached hydrogens (tertiary/aromatic N) is 1. The van der Waals surface area contributed by atoms with Crippen molar-refractivity contribution in [2.45, 2.75) is 83.3 Å². The molecular weight excluding hydrogens is 262 g/mol. The second-order valence-electron chi connectivity index (χ2n) is 7.38. The van der Waals surface area contributed by atoms with E-state index < -0.39 is 5.54 Å². The number of likely N-dealkylation sites (N-methyl/N-ethyl adjacent to an activating group) is 1. The maximum absolute atomic E-state index is 12.0. The van der Waals surface area contributed by atoms with E-state index in [0.717, 1.165) is 37.8 Å². The van der Waals surface area contributed by atoms with Crippen LogP contribution < -0.4 is 11.1 Å². The third kappa shape index (κ3) is 4.19. The summed E-state index contributed by atoms with van der Waals surface area (Å²) in [6, 6.07) is 1.29. The monoisotopic (exact) mass is 295 g/mol. The second-order valence-corrected chi connectivity index (χ2v) is 7.38. The molecule has 2 atom stereocenters. The van der Waals surface area contributed by atoms with Gasteiger partial charge in [0.05, 0.1) is 5.54 Å². The molecule has 21 heavy (non-hydrogen) atoms. The van der Waals surface area contributed by atoms with Gasteiger partial charge >= 0.3 is 0 Å². The van der Waals surface area contributed by atoms with Crippen molar-refractivity contribution in [3.8, 4) is 0 Å². The van der Waals surface area contributed by atoms with Gasteiger partial charge < -0.3 is 11.1 Å². The molecule has 1 amide bonds. The third-order valence-corrected chi connectivity index (χ3v) is 5.16. The van der Waals surface area contributed by atoms with Crippen molar-refractivity contribution >= 4 is 5.91 Å². The number of nitrogens with two attached hydrogens (primary N) is 1. The Balaban J connectivity index is 2.04. The van der Waals surface area contributed by atoms with Crippen molar-refractivity contribution in [1.29, 1.82) is 0 Å². The molecular formula is C17H33N3O. The summed E-state index contributed by atoms with van der Waals surface area (Å²) in [6.07, 6.45) is 8.02. The fourth-order valence-corrected chi connectivity index (χ4v) is 3.82. The van der Waals surface area contributed by atoms with Crippen LogP contribution in [0.25, 0.3) is 0 Å². The number of nitrogens with one attached hydrogen (secondary N) is 1. The summed E-state index contributed by atoms with van der Waals surface area (Å²) >= 11 is 0. The van der Waals surface area contributed by atoms with Gasteiger partial charge in [0.15, 0.2) is 0 Å². The molecule has 0 saturated heterocycles. The predicted molar refractivity (Wildman–Crippen MR) is 87.0 cm³/mol. The summed E-state index contributed by atoms with van der Waals surface area (Å²) in [5.41, 5.74) is 5.27. The minimum absolute atomic E-state index is 0.159. The van der Waals surface area contributed by atoms with E-state index in [4.69, 9.17) is 5.73 Å². The molecule has 2 aliphatic carbocycles. The lowest BCUT2D eigenvalue weighted by Crippen LogP contribution is -2.61. The Morgan fingerprint density at radius 2 is 2.05 bits per heavy atom. The molecule has 4 heteroatoms. The van der Waals surface area contributed by atoms with Gasteiger partial charge in [0.25, 0.3) is 0 Å². The first-order chi connectivity index (χ1) is 9.98. The molecule has 122 valence electrons. The summed E-state index contributed by atoms with van der Waals surface area (Å²) in [6.45, 7) is 8.63. The number of rotatable bonds is 8. The van der Waals surface area contributed by atoms with Gasteiger partial charge in [-0.15, -0.1) is 0 Å². The van der Waals surface area contributed by atoms with Crippen LogP contribution in [0.4, 0.5) is 0 Å². The maximum atomic E-state index is 12.0. The lowest BCUT2D eigenvalue weighted by Gasteiger charge is -2.44. The van der Waals surface area contributed by atoms with Gasteiger partial charge in [-0.2, -0.15) is 0 Å². The third-order valence-electron chi connectivity index (χ3n) is 5.16. The molecule has 0 bridgehead atoms. The molecule has 2 aliphatic rings. The van der Waals surface area contributed by atoms with Crippen molar-refractivity contribution in [3.05, 3.63) is 0 Å². The van der Waals surface area contributed by atoms with E-state index in [-0.39, 0.29) is 5.91 Å². The topological polar surface area (TPSA) is 58.4 Å². The Morgan fingerprint density at radius 1 is 1.33 bits per heavy atom. The number of hydrogen-bond acceptors (Lipinski definition) is 3. The average molecular weight is 295 g/mol. The normalized spacial score (nSPS) is 30.0. The number of amides is 1. The Morgan fingerprint density at radius 3 is 2.57 bits per heavy atom. The van der Waals surface area contributed by atoms with E-state index >= 15 is 0 Å². The van der Waals surface area contributed by atoms with Gasteiger partial charge in [-0.1, -0.05) is 20.8 Å². The fraction of sp³-hybridized carbons (Fsp3) is 0.941. The Labute approximate surface area is 129 Å². The van der Waals surface area contributed by atoms with Crippen LogP contribution in [0.3, 0.4) is 0 Å². The van der Waals surface area contributed by atoms with Crippen LogP contribution in [-0.2, 0) is 4.79 Å². The molecule has 3 N–H and O–H groups in total. The summed E-state index contributed by atoms with van der Waals surface area (Å²) in [5, 5.41) is 3.41. The highest BCUT2D eigenvalue weighted by Crippen LogP contribution is 2.37. The molecule has 0 aromatic carbocycles. The first-order valence-electron chi connectivity index (χ1n) is 8.79. The van der Waals surface area contributed by atoms with E-state index in [0.29, 0.717) is 6.04 Å². The zero-order valence-electron chi connectivity index (χ0n) is 14.0. The average Bonchev–Trinajstić information content (AvgIpc) is 3.24. The van der Waals surface area contributed by atoms with Crippen molar-refractivity contribution < 1.29 is 4.79 Å². The zero-order valence-corrected chi connectivity index (χ0v) is 14.0. The van der Waals surface area contributed by atoms with Gasteiger partial charge in [-0.25, -0.2) is 0 Å². The Kier molecular flexibility index (Phi) is 5.67. The number of hydrogen-bond donors (Lipinski definition) is 2. The maximum Gasteiger partial charge on any atom is 0.237 e. The van der Waals surface area contributed by atoms with Gasteiger partial charge in [-0.3, -0.25) is 9.69 Å². The Bertz CT molecular complexity index is 350. The Hall–Kier alpha value is -0.610. The lowest BCUT2D eigenvalue weighted by atomic mass is 9.77. The van der Waals surface area contributed by atoms with E-state index in [2.05, 4.69) is 31.0 Å². The summed E-state index contributed by atoms with van der Waals surface area (Å²) < 4.78 is 0. The van der Waals surface area contributed by atoms with Crippen LogP contribution in [0.5, 0.6) is 0 Å². The van der Waals surface area contributed by atoms with Crippen LogP contribution in [0.1, 0.15) is 65.7 Å². The highest BCUT2D eigenvalue weighted by molar-refractivity contribution is 5.84. The van der Waals surface area contributed by atoms with Crippen LogP contribution in [0, 0.1) is 5.92 Å². The van der Waals surface area contributed by atoms with Crippen LogP contribution in [0.15, 0.2) is 0 Å². The SMILES string of the molecule is CCNC1(C(N)=O)CCCC(N(CCC(C)C)C2CC2)C1. The molecule has 2 fully saturated rings. The van der Waals surface area contributed by atoms with E-state index in [9.17, 15) is 4.79 Å². The minimum Gasteiger partial charge on any atom is -0.368 e. The van der Waals surface area contributed by atoms with Crippen molar-refractivity contribution in [1.82, 2.24) is 10.2 Å².